The van der Waals surface area contributed by atoms with Crippen molar-refractivity contribution in [1.82, 2.24) is 0 Å². The maximum atomic E-state index is 12.3. The minimum absolute atomic E-state index is 0. The fourth-order valence-corrected chi connectivity index (χ4v) is 2.92. The van der Waals surface area contributed by atoms with Gasteiger partial charge in [-0.25, -0.2) is 0 Å². The third kappa shape index (κ3) is 3.34. The fraction of sp³-hybridized carbons (Fsp3) is 0.0500. The summed E-state index contributed by atoms with van der Waals surface area (Å²) in [5.41, 5.74) is 0.747. The van der Waals surface area contributed by atoms with Crippen molar-refractivity contribution in [2.45, 2.75) is 5.41 Å². The summed E-state index contributed by atoms with van der Waals surface area (Å²) >= 11 is 0. The number of carbonyl (C=O) groups excluding carboxylic acids is 1. The topological polar surface area (TPSA) is 40.1 Å². The van der Waals surface area contributed by atoms with E-state index in [0.717, 1.165) is 0 Å². The maximum Gasteiger partial charge on any atom is 1.00 e. The summed E-state index contributed by atoms with van der Waals surface area (Å²) < 4.78 is 0. The molecule has 0 amide bonds. The molecule has 0 radical (unpaired) electrons. The first-order valence-corrected chi connectivity index (χ1v) is 7.14. The number of benzene rings is 3. The Balaban J connectivity index is 0.00000192. The van der Waals surface area contributed by atoms with Gasteiger partial charge in [0.2, 0.25) is 0 Å². The molecular weight excluding hydrogens is 311 g/mol. The molecule has 3 rings (SSSR count). The van der Waals surface area contributed by atoms with Crippen molar-refractivity contribution >= 4 is 5.97 Å². The third-order valence-corrected chi connectivity index (χ3v) is 3.93. The second kappa shape index (κ2) is 8.04. The molecule has 2 nitrogen and oxygen atoms in total. The summed E-state index contributed by atoms with van der Waals surface area (Å²) in [6.45, 7) is 0. The van der Waals surface area contributed by atoms with Crippen LogP contribution in [0.5, 0.6) is 0 Å². The van der Waals surface area contributed by atoms with Gasteiger partial charge in [0, 0.05) is 0 Å². The van der Waals surface area contributed by atoms with E-state index in [1.54, 1.807) is 0 Å². The Hall–Kier alpha value is -1.23. The zero-order valence-electron chi connectivity index (χ0n) is 13.0. The summed E-state index contributed by atoms with van der Waals surface area (Å²) in [5, 5.41) is 12.3. The molecule has 0 unspecified atom stereocenters. The average Bonchev–Trinajstić information content (AvgIpc) is 2.58. The Bertz CT molecular complexity index is 659. The van der Waals surface area contributed by atoms with Gasteiger partial charge in [0.1, 0.15) is 0 Å². The SMILES string of the molecule is O=C([O-])C(c1ccccc1)(c1ccccc1)c1ccccc1.[K+]. The van der Waals surface area contributed by atoms with E-state index in [0.29, 0.717) is 16.7 Å². The number of carboxylic acids is 1. The van der Waals surface area contributed by atoms with Crippen molar-refractivity contribution in [1.29, 1.82) is 0 Å². The Morgan fingerprint density at radius 3 is 1.09 bits per heavy atom. The second-order valence-corrected chi connectivity index (χ2v) is 5.14. The average molecular weight is 326 g/mol. The van der Waals surface area contributed by atoms with Gasteiger partial charge in [-0.2, -0.15) is 0 Å². The van der Waals surface area contributed by atoms with E-state index in [-0.39, 0.29) is 51.4 Å². The molecule has 0 aliphatic carbocycles. The zero-order chi connectivity index (χ0) is 15.4. The van der Waals surface area contributed by atoms with Gasteiger partial charge in [0.05, 0.1) is 11.4 Å². The molecule has 0 heterocycles. The molecule has 0 saturated heterocycles. The molecule has 0 saturated carbocycles. The second-order valence-electron chi connectivity index (χ2n) is 5.14. The van der Waals surface area contributed by atoms with Crippen molar-refractivity contribution in [3.05, 3.63) is 108 Å². The Labute approximate surface area is 178 Å². The fourth-order valence-electron chi connectivity index (χ4n) is 2.92. The monoisotopic (exact) mass is 326 g/mol. The van der Waals surface area contributed by atoms with Crippen molar-refractivity contribution in [2.24, 2.45) is 0 Å². The maximum absolute atomic E-state index is 12.3. The first-order valence-electron chi connectivity index (χ1n) is 7.14. The van der Waals surface area contributed by atoms with Gasteiger partial charge in [-0.05, 0) is 16.7 Å². The molecule has 0 N–H and O–H groups in total. The van der Waals surface area contributed by atoms with Crippen molar-refractivity contribution in [3.63, 3.8) is 0 Å². The van der Waals surface area contributed by atoms with Gasteiger partial charge in [-0.15, -0.1) is 0 Å². The van der Waals surface area contributed by atoms with Crippen LogP contribution < -0.4 is 56.5 Å². The summed E-state index contributed by atoms with van der Waals surface area (Å²) in [5.74, 6) is -1.13. The van der Waals surface area contributed by atoms with Crippen LogP contribution in [0.3, 0.4) is 0 Å². The number of carboxylic acid groups (broad SMARTS) is 1. The van der Waals surface area contributed by atoms with E-state index >= 15 is 0 Å². The van der Waals surface area contributed by atoms with Crippen LogP contribution in [0.15, 0.2) is 91.0 Å². The first kappa shape index (κ1) is 18.1. The summed E-state index contributed by atoms with van der Waals surface area (Å²) in [4.78, 5) is 12.3. The van der Waals surface area contributed by atoms with E-state index in [4.69, 9.17) is 0 Å². The van der Waals surface area contributed by atoms with Crippen LogP contribution in [0.1, 0.15) is 16.7 Å². The molecule has 3 heteroatoms. The molecule has 0 aromatic heterocycles. The molecule has 3 aromatic rings. The van der Waals surface area contributed by atoms with Crippen molar-refractivity contribution < 1.29 is 61.3 Å². The minimum Gasteiger partial charge on any atom is -0.548 e. The number of hydrogen-bond donors (Lipinski definition) is 0. The van der Waals surface area contributed by atoms with Gasteiger partial charge in [0.25, 0.3) is 0 Å². The number of aliphatic carboxylic acids is 1. The molecule has 0 bridgehead atoms. The quantitative estimate of drug-likeness (QED) is 0.491. The smallest absolute Gasteiger partial charge is 0.548 e. The largest absolute Gasteiger partial charge is 1.00 e. The summed E-state index contributed by atoms with van der Waals surface area (Å²) in [6.07, 6.45) is 0. The zero-order valence-corrected chi connectivity index (χ0v) is 16.1. The number of carbonyl (C=O) groups is 1. The predicted octanol–water partition coefficient (Wildman–Crippen LogP) is -0.225. The van der Waals surface area contributed by atoms with Crippen LogP contribution in [0, 0.1) is 0 Å². The molecule has 0 aliphatic rings. The summed E-state index contributed by atoms with van der Waals surface area (Å²) in [6, 6.07) is 27.7. The van der Waals surface area contributed by atoms with Crippen LogP contribution in [-0.4, -0.2) is 5.97 Å². The Morgan fingerprint density at radius 1 is 0.609 bits per heavy atom. The third-order valence-electron chi connectivity index (χ3n) is 3.93. The van der Waals surface area contributed by atoms with Crippen LogP contribution >= 0.6 is 0 Å². The van der Waals surface area contributed by atoms with Gasteiger partial charge >= 0.3 is 51.4 Å². The molecule has 3 aromatic carbocycles. The van der Waals surface area contributed by atoms with Gasteiger partial charge in [-0.3, -0.25) is 0 Å². The predicted molar refractivity (Wildman–Crippen MR) is 84.2 cm³/mol. The minimum atomic E-state index is -1.32. The van der Waals surface area contributed by atoms with Gasteiger partial charge in [-0.1, -0.05) is 91.0 Å². The molecule has 108 valence electrons. The van der Waals surface area contributed by atoms with Gasteiger partial charge < -0.3 is 9.90 Å². The molecule has 0 atom stereocenters. The van der Waals surface area contributed by atoms with Crippen LogP contribution in [0.2, 0.25) is 0 Å². The molecule has 0 fully saturated rings. The Morgan fingerprint density at radius 2 is 0.870 bits per heavy atom. The first-order chi connectivity index (χ1) is 10.8. The van der Waals surface area contributed by atoms with Crippen molar-refractivity contribution in [2.75, 3.05) is 0 Å². The normalized spacial score (nSPS) is 10.6. The van der Waals surface area contributed by atoms with Gasteiger partial charge in [0.15, 0.2) is 0 Å². The van der Waals surface area contributed by atoms with E-state index < -0.39 is 11.4 Å². The van der Waals surface area contributed by atoms with E-state index in [9.17, 15) is 9.90 Å². The van der Waals surface area contributed by atoms with E-state index in [1.165, 1.54) is 0 Å². The molecule has 0 spiro atoms. The van der Waals surface area contributed by atoms with Crippen LogP contribution in [0.4, 0.5) is 0 Å². The van der Waals surface area contributed by atoms with Crippen molar-refractivity contribution in [3.8, 4) is 0 Å². The van der Waals surface area contributed by atoms with Crippen LogP contribution in [0.25, 0.3) is 0 Å². The molecule has 0 aliphatic heterocycles. The molecule has 23 heavy (non-hydrogen) atoms. The number of hydrogen-bond acceptors (Lipinski definition) is 2. The number of rotatable bonds is 4. The van der Waals surface area contributed by atoms with E-state index in [1.807, 2.05) is 91.0 Å². The molecular formula is C20H15KO2. The summed E-state index contributed by atoms with van der Waals surface area (Å²) in [7, 11) is 0. The Kier molecular flexibility index (Phi) is 6.33. The van der Waals surface area contributed by atoms with E-state index in [2.05, 4.69) is 0 Å². The van der Waals surface area contributed by atoms with Crippen LogP contribution in [-0.2, 0) is 10.2 Å². The standard InChI is InChI=1S/C20H16O2.K/c21-19(22)20(16-10-4-1-5-11-16,17-12-6-2-7-13-17)18-14-8-3-9-15-18;/h1-15H,(H,21,22);/q;+1/p-1.